The van der Waals surface area contributed by atoms with Crippen LogP contribution in [0, 0.1) is 0 Å². The second-order valence-electron chi connectivity index (χ2n) is 5.36. The summed E-state index contributed by atoms with van der Waals surface area (Å²) in [6, 6.07) is 16.9. The highest BCUT2D eigenvalue weighted by Gasteiger charge is 2.18. The van der Waals surface area contributed by atoms with Gasteiger partial charge in [0.05, 0.1) is 24.8 Å². The first kappa shape index (κ1) is 18.3. The number of carbonyl (C=O) groups excluding carboxylic acids is 1. The number of morpholine rings is 1. The van der Waals surface area contributed by atoms with Crippen LogP contribution in [0.4, 0.5) is 5.69 Å². The van der Waals surface area contributed by atoms with Crippen molar-refractivity contribution in [3.8, 4) is 11.5 Å². The fourth-order valence-corrected chi connectivity index (χ4v) is 2.43. The lowest BCUT2D eigenvalue weighted by atomic mass is 10.2. The molecule has 2 N–H and O–H groups in total. The van der Waals surface area contributed by atoms with Crippen LogP contribution in [0.25, 0.3) is 0 Å². The molecule has 1 saturated heterocycles. The Bertz CT molecular complexity index is 646. The third-order valence-electron chi connectivity index (χ3n) is 3.55. The van der Waals surface area contributed by atoms with E-state index in [0.717, 1.165) is 12.3 Å². The van der Waals surface area contributed by atoms with Gasteiger partial charge in [-0.15, -0.1) is 12.4 Å². The van der Waals surface area contributed by atoms with Gasteiger partial charge in [0.25, 0.3) is 0 Å². The number of anilines is 1. The second-order valence-corrected chi connectivity index (χ2v) is 5.36. The van der Waals surface area contributed by atoms with E-state index in [9.17, 15) is 4.79 Å². The molecule has 1 atom stereocenters. The monoisotopic (exact) mass is 348 g/mol. The molecular formula is C18H21ClN2O3. The Morgan fingerprint density at radius 3 is 2.67 bits per heavy atom. The van der Waals surface area contributed by atoms with Gasteiger partial charge in [-0.1, -0.05) is 30.3 Å². The molecule has 0 saturated carbocycles. The van der Waals surface area contributed by atoms with Gasteiger partial charge in [-0.25, -0.2) is 0 Å². The Balaban J connectivity index is 0.00000208. The maximum atomic E-state index is 12.2. The van der Waals surface area contributed by atoms with Gasteiger partial charge < -0.3 is 20.1 Å². The highest BCUT2D eigenvalue weighted by molar-refractivity contribution is 5.92. The number of para-hydroxylation sites is 3. The van der Waals surface area contributed by atoms with E-state index in [1.165, 1.54) is 0 Å². The van der Waals surface area contributed by atoms with Crippen LogP contribution in [0.3, 0.4) is 0 Å². The molecule has 0 aromatic heterocycles. The first-order valence-corrected chi connectivity index (χ1v) is 7.75. The minimum absolute atomic E-state index is 0. The standard InChI is InChI=1S/C18H20N2O3.ClH/c21-18(12-15-13-19-10-11-22-15)20-16-8-4-5-9-17(16)23-14-6-2-1-3-7-14;/h1-9,15,19H,10-13H2,(H,20,21);1H. The molecule has 0 aliphatic carbocycles. The molecule has 24 heavy (non-hydrogen) atoms. The number of nitrogens with one attached hydrogen (secondary N) is 2. The zero-order valence-electron chi connectivity index (χ0n) is 13.2. The minimum atomic E-state index is -0.0807. The molecule has 1 amide bonds. The fourth-order valence-electron chi connectivity index (χ4n) is 2.43. The van der Waals surface area contributed by atoms with E-state index in [4.69, 9.17) is 9.47 Å². The Morgan fingerprint density at radius 1 is 1.17 bits per heavy atom. The van der Waals surface area contributed by atoms with E-state index < -0.39 is 0 Å². The average Bonchev–Trinajstić information content (AvgIpc) is 2.58. The number of carbonyl (C=O) groups is 1. The quantitative estimate of drug-likeness (QED) is 0.871. The lowest BCUT2D eigenvalue weighted by Gasteiger charge is -2.23. The Morgan fingerprint density at radius 2 is 1.92 bits per heavy atom. The van der Waals surface area contributed by atoms with Crippen LogP contribution in [-0.2, 0) is 9.53 Å². The van der Waals surface area contributed by atoms with Crippen LogP contribution in [0.15, 0.2) is 54.6 Å². The summed E-state index contributed by atoms with van der Waals surface area (Å²) in [6.07, 6.45) is 0.248. The third-order valence-corrected chi connectivity index (χ3v) is 3.55. The summed E-state index contributed by atoms with van der Waals surface area (Å²) < 4.78 is 11.4. The number of hydrogen-bond donors (Lipinski definition) is 2. The highest BCUT2D eigenvalue weighted by Crippen LogP contribution is 2.29. The number of amides is 1. The van der Waals surface area contributed by atoms with Crippen LogP contribution < -0.4 is 15.4 Å². The molecule has 6 heteroatoms. The molecule has 1 aliphatic heterocycles. The lowest BCUT2D eigenvalue weighted by Crippen LogP contribution is -2.40. The number of halogens is 1. The number of rotatable bonds is 5. The predicted octanol–water partition coefficient (Wildman–Crippen LogP) is 3.22. The molecule has 2 aromatic rings. The summed E-state index contributed by atoms with van der Waals surface area (Å²) in [5.41, 5.74) is 0.658. The maximum absolute atomic E-state index is 12.2. The van der Waals surface area contributed by atoms with Gasteiger partial charge in [0.2, 0.25) is 5.91 Å². The van der Waals surface area contributed by atoms with E-state index in [0.29, 0.717) is 31.0 Å². The van der Waals surface area contributed by atoms with Crippen LogP contribution in [-0.4, -0.2) is 31.7 Å². The van der Waals surface area contributed by atoms with Gasteiger partial charge in [-0.2, -0.15) is 0 Å². The first-order valence-electron chi connectivity index (χ1n) is 7.75. The van der Waals surface area contributed by atoms with Crippen molar-refractivity contribution in [1.29, 1.82) is 0 Å². The summed E-state index contributed by atoms with van der Waals surface area (Å²) in [7, 11) is 0. The van der Waals surface area contributed by atoms with E-state index in [2.05, 4.69) is 10.6 Å². The van der Waals surface area contributed by atoms with Gasteiger partial charge in [0.1, 0.15) is 5.75 Å². The van der Waals surface area contributed by atoms with Gasteiger partial charge in [-0.05, 0) is 24.3 Å². The summed E-state index contributed by atoms with van der Waals surface area (Å²) in [5, 5.41) is 6.12. The smallest absolute Gasteiger partial charge is 0.227 e. The first-order chi connectivity index (χ1) is 11.3. The van der Waals surface area contributed by atoms with Crippen molar-refractivity contribution in [1.82, 2.24) is 5.32 Å². The molecule has 5 nitrogen and oxygen atoms in total. The largest absolute Gasteiger partial charge is 0.455 e. The van der Waals surface area contributed by atoms with Crippen LogP contribution in [0.2, 0.25) is 0 Å². The van der Waals surface area contributed by atoms with Gasteiger partial charge in [0, 0.05) is 13.1 Å². The Labute approximate surface area is 147 Å². The van der Waals surface area contributed by atoms with E-state index in [-0.39, 0.29) is 24.4 Å². The molecule has 128 valence electrons. The molecule has 2 aromatic carbocycles. The molecule has 1 fully saturated rings. The number of benzene rings is 2. The van der Waals surface area contributed by atoms with Crippen molar-refractivity contribution < 1.29 is 14.3 Å². The van der Waals surface area contributed by atoms with Crippen LogP contribution in [0.1, 0.15) is 6.42 Å². The Hall–Kier alpha value is -2.08. The topological polar surface area (TPSA) is 59.6 Å². The molecule has 1 aliphatic rings. The van der Waals surface area contributed by atoms with Crippen LogP contribution in [0.5, 0.6) is 11.5 Å². The van der Waals surface area contributed by atoms with Crippen molar-refractivity contribution in [3.05, 3.63) is 54.6 Å². The molecular weight excluding hydrogens is 328 g/mol. The summed E-state index contributed by atoms with van der Waals surface area (Å²) in [4.78, 5) is 12.2. The van der Waals surface area contributed by atoms with Gasteiger partial charge >= 0.3 is 0 Å². The maximum Gasteiger partial charge on any atom is 0.227 e. The molecule has 0 radical (unpaired) electrons. The van der Waals surface area contributed by atoms with Gasteiger partial charge in [0.15, 0.2) is 5.75 Å². The van der Waals surface area contributed by atoms with E-state index in [1.807, 2.05) is 54.6 Å². The predicted molar refractivity (Wildman–Crippen MR) is 96.1 cm³/mol. The molecule has 1 unspecified atom stereocenters. The van der Waals surface area contributed by atoms with Crippen LogP contribution >= 0.6 is 12.4 Å². The van der Waals surface area contributed by atoms with Crippen molar-refractivity contribution in [3.63, 3.8) is 0 Å². The molecule has 1 heterocycles. The van der Waals surface area contributed by atoms with Gasteiger partial charge in [-0.3, -0.25) is 4.79 Å². The summed E-state index contributed by atoms with van der Waals surface area (Å²) >= 11 is 0. The Kier molecular flexibility index (Phi) is 7.06. The molecule has 0 bridgehead atoms. The summed E-state index contributed by atoms with van der Waals surface area (Å²) in [6.45, 7) is 2.19. The third kappa shape index (κ3) is 5.23. The fraction of sp³-hybridized carbons (Fsp3) is 0.278. The normalized spacial score (nSPS) is 16.8. The zero-order valence-corrected chi connectivity index (χ0v) is 14.1. The molecule has 0 spiro atoms. The lowest BCUT2D eigenvalue weighted by molar-refractivity contribution is -0.119. The van der Waals surface area contributed by atoms with E-state index >= 15 is 0 Å². The molecule has 3 rings (SSSR count). The van der Waals surface area contributed by atoms with Crippen molar-refractivity contribution in [2.75, 3.05) is 25.0 Å². The highest BCUT2D eigenvalue weighted by atomic mass is 35.5. The average molecular weight is 349 g/mol. The van der Waals surface area contributed by atoms with Crippen molar-refractivity contribution in [2.45, 2.75) is 12.5 Å². The minimum Gasteiger partial charge on any atom is -0.455 e. The number of hydrogen-bond acceptors (Lipinski definition) is 4. The number of ether oxygens (including phenoxy) is 2. The van der Waals surface area contributed by atoms with E-state index in [1.54, 1.807) is 0 Å². The second kappa shape index (κ2) is 9.27. The van der Waals surface area contributed by atoms with Crippen molar-refractivity contribution >= 4 is 24.0 Å². The zero-order chi connectivity index (χ0) is 15.9. The SMILES string of the molecule is Cl.O=C(CC1CNCCO1)Nc1ccccc1Oc1ccccc1. The summed E-state index contributed by atoms with van der Waals surface area (Å²) in [5.74, 6) is 1.27. The van der Waals surface area contributed by atoms with Crippen molar-refractivity contribution in [2.24, 2.45) is 0 Å².